The van der Waals surface area contributed by atoms with Gasteiger partial charge < -0.3 is 24.4 Å². The predicted molar refractivity (Wildman–Crippen MR) is 134 cm³/mol. The lowest BCUT2D eigenvalue weighted by Gasteiger charge is -2.23. The van der Waals surface area contributed by atoms with Gasteiger partial charge in [-0.05, 0) is 60.9 Å². The monoisotopic (exact) mass is 492 g/mol. The summed E-state index contributed by atoms with van der Waals surface area (Å²) in [6.45, 7) is 2.70. The first-order chi connectivity index (χ1) is 17.4. The van der Waals surface area contributed by atoms with E-state index in [1.165, 1.54) is 18.2 Å². The Kier molecular flexibility index (Phi) is 7.73. The lowest BCUT2D eigenvalue weighted by atomic mass is 10.1. The van der Waals surface area contributed by atoms with Crippen LogP contribution in [-0.2, 0) is 17.8 Å². The second-order valence-electron chi connectivity index (χ2n) is 8.47. The lowest BCUT2D eigenvalue weighted by molar-refractivity contribution is -0.138. The summed E-state index contributed by atoms with van der Waals surface area (Å²) in [5, 5.41) is 2.74. The van der Waals surface area contributed by atoms with Crippen LogP contribution in [-0.4, -0.2) is 43.6 Å². The largest absolute Gasteiger partial charge is 0.493 e. The third-order valence-electron chi connectivity index (χ3n) is 6.14. The molecule has 4 rings (SSSR count). The van der Waals surface area contributed by atoms with E-state index in [4.69, 9.17) is 14.2 Å². The molecule has 1 atom stereocenters. The molecule has 7 nitrogen and oxygen atoms in total. The van der Waals surface area contributed by atoms with Crippen LogP contribution in [0.15, 0.2) is 60.7 Å². The molecule has 3 aromatic rings. The Labute approximate surface area is 209 Å². The van der Waals surface area contributed by atoms with E-state index in [1.54, 1.807) is 43.4 Å². The molecule has 1 heterocycles. The summed E-state index contributed by atoms with van der Waals surface area (Å²) in [7, 11) is 3.17. The Morgan fingerprint density at radius 1 is 1.08 bits per heavy atom. The molecule has 8 heteroatoms. The molecular formula is C28H29FN2O5. The van der Waals surface area contributed by atoms with Crippen LogP contribution in [0.1, 0.15) is 34.8 Å². The van der Waals surface area contributed by atoms with Crippen molar-refractivity contribution in [1.29, 1.82) is 0 Å². The molecule has 0 saturated carbocycles. The van der Waals surface area contributed by atoms with Crippen molar-refractivity contribution in [2.24, 2.45) is 0 Å². The molecule has 1 aliphatic heterocycles. The van der Waals surface area contributed by atoms with Crippen molar-refractivity contribution in [3.63, 3.8) is 0 Å². The number of anilines is 1. The second-order valence-corrected chi connectivity index (χ2v) is 8.47. The normalized spacial score (nSPS) is 14.9. The summed E-state index contributed by atoms with van der Waals surface area (Å²) in [5.41, 5.74) is 2.22. The van der Waals surface area contributed by atoms with E-state index in [0.717, 1.165) is 11.1 Å². The molecule has 0 aromatic heterocycles. The Balaban J connectivity index is 1.54. The number of rotatable bonds is 8. The van der Waals surface area contributed by atoms with Gasteiger partial charge in [-0.3, -0.25) is 9.59 Å². The van der Waals surface area contributed by atoms with Crippen molar-refractivity contribution in [3.05, 3.63) is 83.2 Å². The average molecular weight is 493 g/mol. The lowest BCUT2D eigenvalue weighted by Crippen LogP contribution is -2.40. The maximum Gasteiger partial charge on any atom is 0.263 e. The van der Waals surface area contributed by atoms with E-state index in [2.05, 4.69) is 5.32 Å². The minimum atomic E-state index is -0.601. The van der Waals surface area contributed by atoms with Crippen LogP contribution in [0.2, 0.25) is 0 Å². The van der Waals surface area contributed by atoms with Crippen LogP contribution in [0, 0.1) is 5.82 Å². The summed E-state index contributed by atoms with van der Waals surface area (Å²) >= 11 is 0. The maximum atomic E-state index is 14.0. The number of fused-ring (bicyclic) bond motifs is 1. The van der Waals surface area contributed by atoms with Crippen LogP contribution >= 0.6 is 0 Å². The number of hydrogen-bond donors (Lipinski definition) is 1. The minimum Gasteiger partial charge on any atom is -0.493 e. The quantitative estimate of drug-likeness (QED) is 0.487. The predicted octanol–water partition coefficient (Wildman–Crippen LogP) is 4.84. The molecule has 3 aromatic carbocycles. The van der Waals surface area contributed by atoms with E-state index in [0.29, 0.717) is 48.9 Å². The number of ether oxygens (including phenoxy) is 3. The van der Waals surface area contributed by atoms with E-state index in [9.17, 15) is 14.0 Å². The second kappa shape index (κ2) is 11.1. The maximum absolute atomic E-state index is 14.0. The summed E-state index contributed by atoms with van der Waals surface area (Å²) in [6.07, 6.45) is 0.536. The van der Waals surface area contributed by atoms with Gasteiger partial charge in [-0.2, -0.15) is 0 Å². The molecule has 2 amide bonds. The summed E-state index contributed by atoms with van der Waals surface area (Å²) < 4.78 is 30.7. The first kappa shape index (κ1) is 25.0. The number of carbonyl (C=O) groups excluding carboxylic acids is 2. The van der Waals surface area contributed by atoms with Crippen molar-refractivity contribution < 1.29 is 28.2 Å². The molecule has 0 radical (unpaired) electrons. The van der Waals surface area contributed by atoms with E-state index >= 15 is 0 Å². The number of methoxy groups -OCH3 is 2. The Hall–Kier alpha value is -4.07. The highest BCUT2D eigenvalue weighted by Gasteiger charge is 2.30. The van der Waals surface area contributed by atoms with E-state index in [-0.39, 0.29) is 11.5 Å². The number of hydrogen-bond acceptors (Lipinski definition) is 5. The zero-order chi connectivity index (χ0) is 25.7. The first-order valence-electron chi connectivity index (χ1n) is 11.8. The molecule has 0 spiro atoms. The fraction of sp³-hybridized carbons (Fsp3) is 0.286. The molecule has 36 heavy (non-hydrogen) atoms. The average Bonchev–Trinajstić information content (AvgIpc) is 3.03. The molecule has 0 bridgehead atoms. The summed E-state index contributed by atoms with van der Waals surface area (Å²) in [6, 6.07) is 16.7. The fourth-order valence-electron chi connectivity index (χ4n) is 4.18. The molecule has 1 N–H and O–H groups in total. The van der Waals surface area contributed by atoms with Crippen LogP contribution in [0.4, 0.5) is 10.1 Å². The van der Waals surface area contributed by atoms with Gasteiger partial charge in [0.05, 0.1) is 19.8 Å². The van der Waals surface area contributed by atoms with Crippen molar-refractivity contribution >= 4 is 17.5 Å². The van der Waals surface area contributed by atoms with Gasteiger partial charge in [0.25, 0.3) is 11.8 Å². The van der Waals surface area contributed by atoms with Gasteiger partial charge in [-0.15, -0.1) is 0 Å². The number of carbonyl (C=O) groups is 2. The third kappa shape index (κ3) is 5.43. The highest BCUT2D eigenvalue weighted by Crippen LogP contribution is 2.31. The Morgan fingerprint density at radius 2 is 1.86 bits per heavy atom. The standard InChI is InChI=1S/C28H29FN2O5/c1-4-23-28(33)31(14-13-18-9-11-25(34-2)26(15-18)35-3)17-19-16-20(10-12-24(19)36-23)30-27(32)21-7-5-6-8-22(21)29/h5-12,15-16,23H,4,13-14,17H2,1-3H3,(H,30,32)/t23-/m1/s1. The summed E-state index contributed by atoms with van der Waals surface area (Å²) in [4.78, 5) is 27.6. The van der Waals surface area contributed by atoms with Crippen LogP contribution < -0.4 is 19.5 Å². The molecule has 1 aliphatic rings. The highest BCUT2D eigenvalue weighted by atomic mass is 19.1. The zero-order valence-corrected chi connectivity index (χ0v) is 20.5. The topological polar surface area (TPSA) is 77.1 Å². The number of amides is 2. The molecule has 0 aliphatic carbocycles. The van der Waals surface area contributed by atoms with Crippen LogP contribution in [0.3, 0.4) is 0 Å². The number of benzene rings is 3. The van der Waals surface area contributed by atoms with Crippen molar-refractivity contribution in [1.82, 2.24) is 4.90 Å². The Bertz CT molecular complexity index is 1260. The minimum absolute atomic E-state index is 0.0403. The molecule has 188 valence electrons. The SMILES string of the molecule is CC[C@H]1Oc2ccc(NC(=O)c3ccccc3F)cc2CN(CCc2ccc(OC)c(OC)c2)C1=O. The molecular weight excluding hydrogens is 463 g/mol. The van der Waals surface area contributed by atoms with E-state index < -0.39 is 17.8 Å². The van der Waals surface area contributed by atoms with Gasteiger partial charge in [0.2, 0.25) is 0 Å². The smallest absolute Gasteiger partial charge is 0.263 e. The third-order valence-corrected chi connectivity index (χ3v) is 6.14. The van der Waals surface area contributed by atoms with Gasteiger partial charge in [0.1, 0.15) is 11.6 Å². The highest BCUT2D eigenvalue weighted by molar-refractivity contribution is 6.04. The zero-order valence-electron chi connectivity index (χ0n) is 20.5. The number of halogens is 1. The van der Waals surface area contributed by atoms with Crippen molar-refractivity contribution in [2.75, 3.05) is 26.1 Å². The van der Waals surface area contributed by atoms with Crippen LogP contribution in [0.5, 0.6) is 17.2 Å². The molecule has 0 saturated heterocycles. The van der Waals surface area contributed by atoms with E-state index in [1.807, 2.05) is 25.1 Å². The van der Waals surface area contributed by atoms with Gasteiger partial charge in [0, 0.05) is 24.3 Å². The van der Waals surface area contributed by atoms with Gasteiger partial charge in [-0.25, -0.2) is 4.39 Å². The Morgan fingerprint density at radius 3 is 2.58 bits per heavy atom. The van der Waals surface area contributed by atoms with Gasteiger partial charge >= 0.3 is 0 Å². The summed E-state index contributed by atoms with van der Waals surface area (Å²) in [5.74, 6) is 0.637. The first-order valence-corrected chi connectivity index (χ1v) is 11.8. The van der Waals surface area contributed by atoms with Gasteiger partial charge in [0.15, 0.2) is 17.6 Å². The number of nitrogens with one attached hydrogen (secondary N) is 1. The van der Waals surface area contributed by atoms with Gasteiger partial charge in [-0.1, -0.05) is 25.1 Å². The van der Waals surface area contributed by atoms with Crippen molar-refractivity contribution in [3.8, 4) is 17.2 Å². The van der Waals surface area contributed by atoms with Crippen LogP contribution in [0.25, 0.3) is 0 Å². The molecule has 0 unspecified atom stereocenters. The molecule has 0 fully saturated rings. The fourth-order valence-corrected chi connectivity index (χ4v) is 4.18. The van der Waals surface area contributed by atoms with Crippen molar-refractivity contribution in [2.45, 2.75) is 32.4 Å². The number of nitrogens with zero attached hydrogens (tertiary/aromatic N) is 1.